The molecule has 336 valence electrons. The van der Waals surface area contributed by atoms with E-state index in [0.717, 1.165) is 83.7 Å². The minimum Gasteiger partial charge on any atom is -0.343 e. The van der Waals surface area contributed by atoms with E-state index >= 15 is 4.79 Å². The Labute approximate surface area is 359 Å². The third-order valence-corrected chi connectivity index (χ3v) is 19.4. The number of carbonyl (C=O) groups is 5. The molecule has 7 atom stereocenters. The monoisotopic (exact) mass is 855 g/mol. The van der Waals surface area contributed by atoms with Gasteiger partial charge in [0.1, 0.15) is 23.7 Å². The fourth-order valence-corrected chi connectivity index (χ4v) is 14.6. The summed E-state index contributed by atoms with van der Waals surface area (Å²) in [7, 11) is -3.99. The average molecular weight is 855 g/mol. The Morgan fingerprint density at radius 2 is 1.50 bits per heavy atom. The molecule has 60 heavy (non-hydrogen) atoms. The lowest BCUT2D eigenvalue weighted by Crippen LogP contribution is -2.63. The van der Waals surface area contributed by atoms with Crippen LogP contribution in [-0.4, -0.2) is 102 Å². The van der Waals surface area contributed by atoms with Crippen LogP contribution in [0, 0.1) is 33.5 Å². The summed E-state index contributed by atoms with van der Waals surface area (Å²) in [5.41, 5.74) is -2.75. The van der Waals surface area contributed by atoms with E-state index in [1.165, 1.54) is 0 Å². The Hall–Kier alpha value is -3.00. The van der Waals surface area contributed by atoms with E-state index in [9.17, 15) is 27.6 Å². The lowest BCUT2D eigenvalue weighted by atomic mass is 9.73. The van der Waals surface area contributed by atoms with E-state index in [1.54, 1.807) is 11.0 Å². The third kappa shape index (κ3) is 7.32. The fraction of sp³-hybridized carbons (Fsp3) is 0.848. The van der Waals surface area contributed by atoms with Crippen LogP contribution in [-0.2, 0) is 34.0 Å². The highest BCUT2D eigenvalue weighted by Gasteiger charge is 2.85. The molecule has 7 fully saturated rings. The van der Waals surface area contributed by atoms with Crippen molar-refractivity contribution in [2.24, 2.45) is 33.5 Å². The normalized spacial score (nSPS) is 32.6. The van der Waals surface area contributed by atoms with Crippen LogP contribution in [0.3, 0.4) is 0 Å². The molecule has 7 rings (SSSR count). The van der Waals surface area contributed by atoms with Crippen LogP contribution in [0.4, 0.5) is 0 Å². The second-order valence-electron chi connectivity index (χ2n) is 21.5. The summed E-state index contributed by atoms with van der Waals surface area (Å²) >= 11 is 0. The maximum Gasteiger partial charge on any atom is 0.259 e. The number of likely N-dealkylation sites (N-methyl/N-ethyl adjacent to an activating group) is 1. The minimum absolute atomic E-state index is 0.0138. The van der Waals surface area contributed by atoms with Crippen molar-refractivity contribution in [3.05, 3.63) is 12.7 Å². The first-order chi connectivity index (χ1) is 28.2. The molecule has 4 N–H and O–H groups in total. The zero-order valence-corrected chi connectivity index (χ0v) is 38.4. The van der Waals surface area contributed by atoms with Crippen molar-refractivity contribution < 1.29 is 32.4 Å². The number of fused-ring (bicyclic) bond motifs is 1. The molecular weight excluding hydrogens is 781 g/mol. The Morgan fingerprint density at radius 3 is 2.03 bits per heavy atom. The number of sulfonamides is 1. The summed E-state index contributed by atoms with van der Waals surface area (Å²) in [4.78, 5) is 76.6. The third-order valence-electron chi connectivity index (χ3n) is 17.2. The molecule has 13 nitrogen and oxygen atoms in total. The van der Waals surface area contributed by atoms with Gasteiger partial charge in [-0.3, -0.25) is 33.6 Å². The van der Waals surface area contributed by atoms with E-state index < -0.39 is 61.6 Å². The van der Waals surface area contributed by atoms with Crippen LogP contribution in [0.1, 0.15) is 158 Å². The molecule has 7 aliphatic rings. The van der Waals surface area contributed by atoms with Crippen molar-refractivity contribution >= 4 is 39.6 Å². The van der Waals surface area contributed by atoms with Gasteiger partial charge < -0.3 is 20.9 Å². The quantitative estimate of drug-likeness (QED) is 0.165. The number of carbonyl (C=O) groups excluding carboxylic acids is 5. The Kier molecular flexibility index (Phi) is 12.0. The standard InChI is InChI=1S/C46H74N6O7S/c1-9-21-43(24-25-43)60(58,59)50-40(57)46(27-31(46)10-2)49-37(54)33-28-45(42(7,8)44(45)22-17-23-44)29-52(33)39(56)35(41(4,5)6)48-38(55)34(30-18-13-12-14-19-30)47-36(53)32-20-15-16-26-51(32)11-3/h10,30-35H,2,9,11-29H2,1,3-8H3,(H,47,53)(H,48,55)(H,49,54)(H,50,57)/t31-,32+,33+,34+,35-,45-,46-/m1/s1. The molecule has 14 heteroatoms. The topological polar surface area (TPSA) is 174 Å². The largest absolute Gasteiger partial charge is 0.343 e. The fourth-order valence-electron chi connectivity index (χ4n) is 12.8. The number of hydrogen-bond acceptors (Lipinski definition) is 8. The van der Waals surface area contributed by atoms with Gasteiger partial charge in [-0.05, 0) is 106 Å². The van der Waals surface area contributed by atoms with Crippen LogP contribution in [0.2, 0.25) is 0 Å². The van der Waals surface area contributed by atoms with Crippen molar-refractivity contribution in [1.82, 2.24) is 30.5 Å². The van der Waals surface area contributed by atoms with Gasteiger partial charge in [0.15, 0.2) is 0 Å². The number of amides is 5. The second kappa shape index (κ2) is 16.0. The summed E-state index contributed by atoms with van der Waals surface area (Å²) in [6.45, 7) is 20.0. The maximum atomic E-state index is 15.3. The number of piperidine rings is 1. The number of nitrogens with zero attached hydrogens (tertiary/aromatic N) is 2. The number of hydrogen-bond donors (Lipinski definition) is 4. The average Bonchev–Trinajstić information content (AvgIpc) is 4.13. The molecule has 5 aliphatic carbocycles. The zero-order chi connectivity index (χ0) is 43.7. The molecule has 5 amide bonds. The molecule has 2 aliphatic heterocycles. The van der Waals surface area contributed by atoms with Crippen molar-refractivity contribution in [2.75, 3.05) is 19.6 Å². The Morgan fingerprint density at radius 1 is 0.833 bits per heavy atom. The lowest BCUT2D eigenvalue weighted by molar-refractivity contribution is -0.145. The van der Waals surface area contributed by atoms with Crippen molar-refractivity contribution in [3.63, 3.8) is 0 Å². The van der Waals surface area contributed by atoms with Crippen LogP contribution in [0.15, 0.2) is 12.7 Å². The highest BCUT2D eigenvalue weighted by molar-refractivity contribution is 7.91. The first-order valence-electron chi connectivity index (χ1n) is 23.4. The van der Waals surface area contributed by atoms with E-state index in [0.29, 0.717) is 38.6 Å². The molecule has 0 unspecified atom stereocenters. The molecule has 2 spiro atoms. The van der Waals surface area contributed by atoms with Crippen molar-refractivity contribution in [3.8, 4) is 0 Å². The van der Waals surface area contributed by atoms with Crippen LogP contribution >= 0.6 is 0 Å². The summed E-state index contributed by atoms with van der Waals surface area (Å²) in [5, 5.41) is 9.35. The van der Waals surface area contributed by atoms with Crippen LogP contribution < -0.4 is 20.7 Å². The van der Waals surface area contributed by atoms with Gasteiger partial charge in [0.05, 0.1) is 10.8 Å². The number of nitrogens with one attached hydrogen (secondary N) is 4. The predicted octanol–water partition coefficient (Wildman–Crippen LogP) is 5.09. The second-order valence-corrected chi connectivity index (χ2v) is 23.6. The van der Waals surface area contributed by atoms with Crippen molar-refractivity contribution in [1.29, 1.82) is 0 Å². The number of likely N-dealkylation sites (tertiary alicyclic amines) is 2. The molecule has 0 aromatic rings. The van der Waals surface area contributed by atoms with Gasteiger partial charge in [-0.25, -0.2) is 8.42 Å². The van der Waals surface area contributed by atoms with Gasteiger partial charge >= 0.3 is 0 Å². The van der Waals surface area contributed by atoms with Gasteiger partial charge in [-0.1, -0.05) is 93.1 Å². The van der Waals surface area contributed by atoms with Gasteiger partial charge in [0.25, 0.3) is 5.91 Å². The predicted molar refractivity (Wildman–Crippen MR) is 231 cm³/mol. The van der Waals surface area contributed by atoms with Crippen LogP contribution in [0.25, 0.3) is 0 Å². The molecule has 2 saturated heterocycles. The van der Waals surface area contributed by atoms with E-state index in [-0.39, 0.29) is 52.3 Å². The molecular formula is C46H74N6O7S. The Balaban J connectivity index is 1.15. The molecule has 0 radical (unpaired) electrons. The molecule has 0 aromatic heterocycles. The first-order valence-corrected chi connectivity index (χ1v) is 24.9. The maximum absolute atomic E-state index is 15.3. The van der Waals surface area contributed by atoms with Crippen LogP contribution in [0.5, 0.6) is 0 Å². The molecule has 5 saturated carbocycles. The summed E-state index contributed by atoms with van der Waals surface area (Å²) in [6, 6.07) is -3.06. The Bertz CT molecular complexity index is 1850. The SMILES string of the molecule is C=C[C@@H]1C[C@]1(NC(=O)[C@@H]1C[C@@]2(CN1C(=O)[C@@H](NC(=O)[C@@H](NC(=O)[C@@H]1CCCCN1CC)C1CCCCC1)C(C)(C)C)C(C)(C)C21CCC1)C(=O)NS(=O)(=O)C1(CCC)CC1. The lowest BCUT2D eigenvalue weighted by Gasteiger charge is -2.39. The van der Waals surface area contributed by atoms with E-state index in [2.05, 4.69) is 52.9 Å². The van der Waals surface area contributed by atoms with Gasteiger partial charge in [-0.15, -0.1) is 6.58 Å². The van der Waals surface area contributed by atoms with Gasteiger partial charge in [-0.2, -0.15) is 0 Å². The van der Waals surface area contributed by atoms with E-state index in [4.69, 9.17) is 0 Å². The highest BCUT2D eigenvalue weighted by Crippen LogP contribution is 2.88. The minimum atomic E-state index is -3.99. The van der Waals surface area contributed by atoms with Crippen molar-refractivity contribution in [2.45, 2.75) is 192 Å². The molecule has 0 bridgehead atoms. The highest BCUT2D eigenvalue weighted by atomic mass is 32.2. The summed E-state index contributed by atoms with van der Waals surface area (Å²) < 4.78 is 28.5. The summed E-state index contributed by atoms with van der Waals surface area (Å²) in [5.74, 6) is -2.67. The summed E-state index contributed by atoms with van der Waals surface area (Å²) in [6.07, 6.45) is 14.8. The molecule has 0 aromatic carbocycles. The van der Waals surface area contributed by atoms with Gasteiger partial charge in [0, 0.05) is 17.9 Å². The smallest absolute Gasteiger partial charge is 0.259 e. The van der Waals surface area contributed by atoms with E-state index in [1.807, 2.05) is 27.7 Å². The van der Waals surface area contributed by atoms with Gasteiger partial charge in [0.2, 0.25) is 33.7 Å². The zero-order valence-electron chi connectivity index (χ0n) is 37.6. The first kappa shape index (κ1) is 45.0. The number of rotatable bonds is 15. The molecule has 2 heterocycles.